The second-order valence-electron chi connectivity index (χ2n) is 4.52. The van der Waals surface area contributed by atoms with E-state index in [9.17, 15) is 14.4 Å². The molecule has 0 aliphatic carbocycles. The van der Waals surface area contributed by atoms with Gasteiger partial charge in [-0.3, -0.25) is 30.6 Å². The van der Waals surface area contributed by atoms with Crippen LogP contribution in [-0.4, -0.2) is 48.3 Å². The van der Waals surface area contributed by atoms with Crippen molar-refractivity contribution in [2.75, 3.05) is 13.3 Å². The Bertz CT molecular complexity index is 411. The van der Waals surface area contributed by atoms with Crippen molar-refractivity contribution in [3.8, 4) is 0 Å². The van der Waals surface area contributed by atoms with E-state index in [1.54, 1.807) is 6.92 Å². The van der Waals surface area contributed by atoms with Gasteiger partial charge in [0.25, 0.3) is 0 Å². The molecule has 0 radical (unpaired) electrons. The Labute approximate surface area is 129 Å². The van der Waals surface area contributed by atoms with Crippen LogP contribution in [0, 0.1) is 0 Å². The Morgan fingerprint density at radius 3 is 2.36 bits per heavy atom. The minimum Gasteiger partial charge on any atom is -0.450 e. The lowest BCUT2D eigenvalue weighted by Gasteiger charge is -2.16. The zero-order valence-electron chi connectivity index (χ0n) is 13.0. The van der Waals surface area contributed by atoms with Gasteiger partial charge in [0.2, 0.25) is 0 Å². The number of hydrogen-bond donors (Lipinski definition) is 3. The maximum atomic E-state index is 11.7. The van der Waals surface area contributed by atoms with E-state index < -0.39 is 23.9 Å². The molecule has 0 amide bonds. The van der Waals surface area contributed by atoms with Crippen LogP contribution in [0.25, 0.3) is 0 Å². The van der Waals surface area contributed by atoms with E-state index in [-0.39, 0.29) is 6.73 Å². The van der Waals surface area contributed by atoms with Crippen LogP contribution in [0.2, 0.25) is 0 Å². The fraction of sp³-hybridized carbons (Fsp3) is 0.692. The standard InChI is InChI=1S/C13H23N3O6/c1-9(16-20)14-7-5-4-6-12(13(19)22-11(3)18)15-8-21-10(2)17/h12,15,20H,4-8H2,1-3H3,(H,14,16)/t12-/m0/s1. The molecule has 0 aliphatic rings. The van der Waals surface area contributed by atoms with Gasteiger partial charge in [-0.15, -0.1) is 0 Å². The van der Waals surface area contributed by atoms with E-state index in [1.165, 1.54) is 6.92 Å². The number of rotatable bonds is 9. The molecule has 0 aliphatic heterocycles. The molecule has 22 heavy (non-hydrogen) atoms. The molecule has 126 valence electrons. The number of unbranched alkanes of at least 4 members (excludes halogenated alkanes) is 1. The molecular weight excluding hydrogens is 294 g/mol. The first-order valence-electron chi connectivity index (χ1n) is 6.87. The van der Waals surface area contributed by atoms with Crippen molar-refractivity contribution in [1.29, 1.82) is 0 Å². The lowest BCUT2D eigenvalue weighted by Crippen LogP contribution is -2.40. The Kier molecular flexibility index (Phi) is 10.6. The van der Waals surface area contributed by atoms with Gasteiger partial charge in [-0.05, 0) is 26.2 Å². The zero-order chi connectivity index (χ0) is 17.0. The molecule has 0 saturated heterocycles. The van der Waals surface area contributed by atoms with E-state index in [2.05, 4.69) is 15.0 Å². The van der Waals surface area contributed by atoms with Crippen molar-refractivity contribution in [1.82, 2.24) is 10.8 Å². The van der Waals surface area contributed by atoms with Crippen LogP contribution in [0.4, 0.5) is 0 Å². The first kappa shape index (κ1) is 20.0. The highest BCUT2D eigenvalue weighted by atomic mass is 16.6. The number of carbonyl (C=O) groups is 3. The quantitative estimate of drug-likeness (QED) is 0.104. The predicted molar refractivity (Wildman–Crippen MR) is 77.1 cm³/mol. The molecule has 3 N–H and O–H groups in total. The molecular formula is C13H23N3O6. The smallest absolute Gasteiger partial charge is 0.330 e. The highest BCUT2D eigenvalue weighted by Gasteiger charge is 2.20. The van der Waals surface area contributed by atoms with Crippen molar-refractivity contribution in [3.63, 3.8) is 0 Å². The highest BCUT2D eigenvalue weighted by Crippen LogP contribution is 2.04. The Morgan fingerprint density at radius 1 is 1.14 bits per heavy atom. The molecule has 1 atom stereocenters. The number of nitrogens with one attached hydrogen (secondary N) is 2. The molecule has 0 bridgehead atoms. The van der Waals surface area contributed by atoms with E-state index in [4.69, 9.17) is 9.94 Å². The van der Waals surface area contributed by atoms with Gasteiger partial charge in [-0.25, -0.2) is 4.79 Å². The summed E-state index contributed by atoms with van der Waals surface area (Å²) in [7, 11) is 0. The Hall–Kier alpha value is -2.00. The van der Waals surface area contributed by atoms with Gasteiger partial charge in [-0.2, -0.15) is 0 Å². The van der Waals surface area contributed by atoms with Crippen molar-refractivity contribution in [3.05, 3.63) is 0 Å². The minimum atomic E-state index is -0.746. The van der Waals surface area contributed by atoms with Crippen LogP contribution in [0.15, 0.2) is 4.99 Å². The van der Waals surface area contributed by atoms with Crippen molar-refractivity contribution in [2.45, 2.75) is 46.1 Å². The van der Waals surface area contributed by atoms with Crippen LogP contribution >= 0.6 is 0 Å². The summed E-state index contributed by atoms with van der Waals surface area (Å²) in [5.41, 5.74) is 1.92. The van der Waals surface area contributed by atoms with Gasteiger partial charge in [0.1, 0.15) is 18.6 Å². The number of aliphatic imine (C=N–C) groups is 1. The van der Waals surface area contributed by atoms with Crippen molar-refractivity contribution < 1.29 is 29.1 Å². The lowest BCUT2D eigenvalue weighted by molar-refractivity contribution is -0.161. The molecule has 0 fully saturated rings. The first-order valence-corrected chi connectivity index (χ1v) is 6.87. The van der Waals surface area contributed by atoms with Gasteiger partial charge in [0.15, 0.2) is 0 Å². The third kappa shape index (κ3) is 10.7. The van der Waals surface area contributed by atoms with Crippen molar-refractivity contribution >= 4 is 23.7 Å². The highest BCUT2D eigenvalue weighted by molar-refractivity contribution is 5.87. The lowest BCUT2D eigenvalue weighted by atomic mass is 10.1. The summed E-state index contributed by atoms with van der Waals surface area (Å²) < 4.78 is 9.23. The molecule has 0 aromatic heterocycles. The SMILES string of the molecule is CC(=O)OCN[C@@H](CCCCN=C(C)NO)C(=O)OC(C)=O. The zero-order valence-corrected chi connectivity index (χ0v) is 13.0. The second kappa shape index (κ2) is 11.6. The molecule has 0 rings (SSSR count). The van der Waals surface area contributed by atoms with Gasteiger partial charge < -0.3 is 9.47 Å². The Morgan fingerprint density at radius 2 is 1.82 bits per heavy atom. The van der Waals surface area contributed by atoms with Crippen LogP contribution < -0.4 is 10.8 Å². The summed E-state index contributed by atoms with van der Waals surface area (Å²) >= 11 is 0. The third-order valence-corrected chi connectivity index (χ3v) is 2.55. The maximum absolute atomic E-state index is 11.7. The molecule has 0 aromatic rings. The minimum absolute atomic E-state index is 0.140. The van der Waals surface area contributed by atoms with Crippen molar-refractivity contribution in [2.24, 2.45) is 4.99 Å². The number of hydrogen-bond acceptors (Lipinski definition) is 8. The average Bonchev–Trinajstić information content (AvgIpc) is 2.43. The summed E-state index contributed by atoms with van der Waals surface area (Å²) in [6, 6.07) is -0.746. The van der Waals surface area contributed by atoms with Crippen LogP contribution in [0.3, 0.4) is 0 Å². The topological polar surface area (TPSA) is 126 Å². The fourth-order valence-corrected chi connectivity index (χ4v) is 1.50. The number of carbonyl (C=O) groups excluding carboxylic acids is 3. The molecule has 0 heterocycles. The third-order valence-electron chi connectivity index (χ3n) is 2.55. The predicted octanol–water partition coefficient (Wildman–Crippen LogP) is 0.122. The van der Waals surface area contributed by atoms with E-state index >= 15 is 0 Å². The number of amidine groups is 1. The molecule has 9 nitrogen and oxygen atoms in total. The summed E-state index contributed by atoms with van der Waals surface area (Å²) in [6.45, 7) is 4.35. The fourth-order valence-electron chi connectivity index (χ4n) is 1.50. The molecule has 0 spiro atoms. The van der Waals surface area contributed by atoms with E-state index in [0.717, 1.165) is 6.92 Å². The summed E-state index contributed by atoms with van der Waals surface area (Å²) in [5.74, 6) is -1.48. The van der Waals surface area contributed by atoms with Crippen LogP contribution in [0.1, 0.15) is 40.0 Å². The molecule has 0 saturated carbocycles. The van der Waals surface area contributed by atoms with Gasteiger partial charge in [0.05, 0.1) is 0 Å². The number of hydroxylamine groups is 1. The molecule has 0 aromatic carbocycles. The number of esters is 3. The van der Waals surface area contributed by atoms with E-state index in [1.807, 2.05) is 5.48 Å². The number of nitrogens with zero attached hydrogens (tertiary/aromatic N) is 1. The molecule has 9 heteroatoms. The first-order chi connectivity index (χ1) is 10.4. The number of ether oxygens (including phenoxy) is 2. The largest absolute Gasteiger partial charge is 0.450 e. The summed E-state index contributed by atoms with van der Waals surface area (Å²) in [4.78, 5) is 37.3. The summed E-state index contributed by atoms with van der Waals surface area (Å²) in [5, 5.41) is 11.3. The van der Waals surface area contributed by atoms with Gasteiger partial charge >= 0.3 is 17.9 Å². The average molecular weight is 317 g/mol. The Balaban J connectivity index is 4.24. The normalized spacial score (nSPS) is 12.5. The van der Waals surface area contributed by atoms with Crippen LogP contribution in [-0.2, 0) is 23.9 Å². The maximum Gasteiger partial charge on any atom is 0.330 e. The second-order valence-corrected chi connectivity index (χ2v) is 4.52. The monoisotopic (exact) mass is 317 g/mol. The van der Waals surface area contributed by atoms with Gasteiger partial charge in [-0.1, -0.05) is 0 Å². The molecule has 0 unspecified atom stereocenters. The summed E-state index contributed by atoms with van der Waals surface area (Å²) in [6.07, 6.45) is 1.71. The van der Waals surface area contributed by atoms with Crippen LogP contribution in [0.5, 0.6) is 0 Å². The van der Waals surface area contributed by atoms with Gasteiger partial charge in [0, 0.05) is 20.4 Å². The van der Waals surface area contributed by atoms with E-state index in [0.29, 0.717) is 31.6 Å².